The van der Waals surface area contributed by atoms with E-state index in [0.717, 1.165) is 6.54 Å². The van der Waals surface area contributed by atoms with Crippen molar-refractivity contribution in [3.63, 3.8) is 0 Å². The fourth-order valence-corrected chi connectivity index (χ4v) is 1.97. The number of hydrogen-bond acceptors (Lipinski definition) is 2. The predicted molar refractivity (Wildman–Crippen MR) is 52.7 cm³/mol. The van der Waals surface area contributed by atoms with Gasteiger partial charge in [-0.1, -0.05) is 6.08 Å². The fraction of sp³-hybridized carbons (Fsp3) is 0.800. The van der Waals surface area contributed by atoms with Crippen LogP contribution in [0.5, 0.6) is 0 Å². The molecule has 1 aliphatic heterocycles. The van der Waals surface area contributed by atoms with Crippen LogP contribution in [0.3, 0.4) is 0 Å². The van der Waals surface area contributed by atoms with Gasteiger partial charge in [-0.3, -0.25) is 0 Å². The Morgan fingerprint density at radius 1 is 1.38 bits per heavy atom. The highest BCUT2D eigenvalue weighted by atomic mass is 16.5. The fourth-order valence-electron chi connectivity index (χ4n) is 1.97. The molecular weight excluding hydrogens is 164 g/mol. The van der Waals surface area contributed by atoms with Crippen LogP contribution < -0.4 is 5.32 Å². The van der Waals surface area contributed by atoms with Gasteiger partial charge in [0.25, 0.3) is 0 Å². The number of hydroxylamine groups is 2. The molecule has 0 spiro atoms. The Bertz CT molecular complexity index is 231. The van der Waals surface area contributed by atoms with Gasteiger partial charge in [0.05, 0.1) is 11.1 Å². The summed E-state index contributed by atoms with van der Waals surface area (Å²) in [5.41, 5.74) is 0.442. The van der Waals surface area contributed by atoms with Gasteiger partial charge in [0.2, 0.25) is 0 Å². The quantitative estimate of drug-likeness (QED) is 0.656. The smallest absolute Gasteiger partial charge is 0.0668 e. The first-order valence-electron chi connectivity index (χ1n) is 4.66. The number of nitrogens with one attached hydrogen (secondary N) is 1. The van der Waals surface area contributed by atoms with Crippen molar-refractivity contribution in [1.82, 2.24) is 10.4 Å². The third kappa shape index (κ3) is 1.64. The molecule has 3 nitrogen and oxygen atoms in total. The van der Waals surface area contributed by atoms with Gasteiger partial charge >= 0.3 is 0 Å². The summed E-state index contributed by atoms with van der Waals surface area (Å²) in [6.45, 7) is 8.62. The highest BCUT2D eigenvalue weighted by Gasteiger charge is 2.45. The van der Waals surface area contributed by atoms with Crippen molar-refractivity contribution in [2.75, 3.05) is 13.6 Å². The molecule has 0 amide bonds. The molecule has 13 heavy (non-hydrogen) atoms. The second-order valence-corrected chi connectivity index (χ2v) is 4.71. The zero-order chi connectivity index (χ0) is 10.3. The van der Waals surface area contributed by atoms with E-state index in [1.165, 1.54) is 10.6 Å². The molecule has 1 rings (SSSR count). The zero-order valence-corrected chi connectivity index (χ0v) is 9.14. The lowest BCUT2D eigenvalue weighted by Crippen LogP contribution is -2.47. The molecule has 0 unspecified atom stereocenters. The largest absolute Gasteiger partial charge is 0.316 e. The van der Waals surface area contributed by atoms with Gasteiger partial charge in [0.1, 0.15) is 0 Å². The molecule has 75 valence electrons. The van der Waals surface area contributed by atoms with Crippen molar-refractivity contribution in [3.8, 4) is 0 Å². The highest BCUT2D eigenvalue weighted by Crippen LogP contribution is 2.37. The normalized spacial score (nSPS) is 26.2. The molecule has 0 bridgehead atoms. The lowest BCUT2D eigenvalue weighted by Gasteiger charge is -2.33. The van der Waals surface area contributed by atoms with E-state index in [2.05, 4.69) is 11.4 Å². The topological polar surface area (TPSA) is 35.2 Å². The molecule has 0 saturated carbocycles. The van der Waals surface area contributed by atoms with Crippen molar-refractivity contribution >= 4 is 0 Å². The van der Waals surface area contributed by atoms with Gasteiger partial charge in [0.15, 0.2) is 0 Å². The first-order valence-corrected chi connectivity index (χ1v) is 4.66. The van der Waals surface area contributed by atoms with Crippen LogP contribution in [0.1, 0.15) is 27.7 Å². The number of hydrogen-bond donors (Lipinski definition) is 1. The lowest BCUT2D eigenvalue weighted by atomic mass is 9.97. The van der Waals surface area contributed by atoms with E-state index >= 15 is 0 Å². The molecule has 1 radical (unpaired) electrons. The summed E-state index contributed by atoms with van der Waals surface area (Å²) in [6, 6.07) is 0. The van der Waals surface area contributed by atoms with E-state index in [1.807, 2.05) is 34.7 Å². The molecule has 1 heterocycles. The van der Waals surface area contributed by atoms with Gasteiger partial charge in [-0.15, -0.1) is 10.3 Å². The molecule has 0 aliphatic carbocycles. The molecule has 0 saturated heterocycles. The molecule has 1 aliphatic rings. The standard InChI is InChI=1S/C10H19N2O/c1-9(2)6-8(7-11-5)10(3,4)12(9)13/h6,11H,7H2,1-5H3. The Morgan fingerprint density at radius 3 is 2.23 bits per heavy atom. The summed E-state index contributed by atoms with van der Waals surface area (Å²) < 4.78 is 0. The number of rotatable bonds is 2. The van der Waals surface area contributed by atoms with Crippen molar-refractivity contribution in [2.45, 2.75) is 38.8 Å². The SMILES string of the molecule is CNCC1=CC(C)(C)N([O])C1(C)C. The van der Waals surface area contributed by atoms with E-state index in [1.54, 1.807) is 0 Å². The summed E-state index contributed by atoms with van der Waals surface area (Å²) in [5.74, 6) is 0. The number of likely N-dealkylation sites (N-methyl/N-ethyl adjacent to an activating group) is 1. The average Bonchev–Trinajstić information content (AvgIpc) is 2.14. The molecular formula is C10H19N2O. The van der Waals surface area contributed by atoms with Crippen LogP contribution in [-0.4, -0.2) is 29.7 Å². The predicted octanol–water partition coefficient (Wildman–Crippen LogP) is 1.35. The van der Waals surface area contributed by atoms with Crippen LogP contribution in [0.15, 0.2) is 11.6 Å². The van der Waals surface area contributed by atoms with Gasteiger partial charge < -0.3 is 5.32 Å². The summed E-state index contributed by atoms with van der Waals surface area (Å²) >= 11 is 0. The van der Waals surface area contributed by atoms with Crippen LogP contribution in [0.25, 0.3) is 0 Å². The van der Waals surface area contributed by atoms with Crippen LogP contribution >= 0.6 is 0 Å². The minimum Gasteiger partial charge on any atom is -0.316 e. The van der Waals surface area contributed by atoms with Crippen molar-refractivity contribution in [3.05, 3.63) is 11.6 Å². The van der Waals surface area contributed by atoms with E-state index in [0.29, 0.717) is 0 Å². The third-order valence-corrected chi connectivity index (χ3v) is 2.71. The molecule has 0 aromatic heterocycles. The minimum absolute atomic E-state index is 0.365. The number of nitrogens with zero attached hydrogens (tertiary/aromatic N) is 1. The highest BCUT2D eigenvalue weighted by molar-refractivity contribution is 5.30. The monoisotopic (exact) mass is 183 g/mol. The van der Waals surface area contributed by atoms with Gasteiger partial charge in [-0.05, 0) is 40.3 Å². The van der Waals surface area contributed by atoms with E-state index < -0.39 is 0 Å². The Kier molecular flexibility index (Phi) is 2.54. The first kappa shape index (κ1) is 10.7. The Balaban J connectivity index is 2.95. The molecule has 3 heteroatoms. The summed E-state index contributed by atoms with van der Waals surface area (Å²) in [6.07, 6.45) is 2.07. The van der Waals surface area contributed by atoms with Crippen LogP contribution in [-0.2, 0) is 5.21 Å². The van der Waals surface area contributed by atoms with Crippen LogP contribution in [0, 0.1) is 0 Å². The first-order chi connectivity index (χ1) is 5.82. The second kappa shape index (κ2) is 3.08. The molecule has 0 atom stereocenters. The zero-order valence-electron chi connectivity index (χ0n) is 9.14. The summed E-state index contributed by atoms with van der Waals surface area (Å²) in [7, 11) is 1.90. The van der Waals surface area contributed by atoms with E-state index in [9.17, 15) is 5.21 Å². The van der Waals surface area contributed by atoms with E-state index in [4.69, 9.17) is 0 Å². The molecule has 0 aromatic rings. The maximum Gasteiger partial charge on any atom is 0.0668 e. The van der Waals surface area contributed by atoms with Crippen molar-refractivity contribution < 1.29 is 5.21 Å². The van der Waals surface area contributed by atoms with Crippen LogP contribution in [0.4, 0.5) is 0 Å². The van der Waals surface area contributed by atoms with Gasteiger partial charge in [-0.25, -0.2) is 0 Å². The molecule has 0 aromatic carbocycles. The molecule has 1 N–H and O–H groups in total. The van der Waals surface area contributed by atoms with Crippen LogP contribution in [0.2, 0.25) is 0 Å². The second-order valence-electron chi connectivity index (χ2n) is 4.71. The molecule has 0 fully saturated rings. The Labute approximate surface area is 80.4 Å². The summed E-state index contributed by atoms with van der Waals surface area (Å²) in [5, 5.41) is 16.1. The Hall–Kier alpha value is -0.380. The maximum atomic E-state index is 11.9. The van der Waals surface area contributed by atoms with Gasteiger partial charge in [-0.2, -0.15) is 0 Å². The minimum atomic E-state index is -0.369. The Morgan fingerprint density at radius 2 is 1.92 bits per heavy atom. The van der Waals surface area contributed by atoms with Crippen molar-refractivity contribution in [2.24, 2.45) is 0 Å². The van der Waals surface area contributed by atoms with Gasteiger partial charge in [0, 0.05) is 6.54 Å². The van der Waals surface area contributed by atoms with Crippen molar-refractivity contribution in [1.29, 1.82) is 0 Å². The maximum absolute atomic E-state index is 11.9. The third-order valence-electron chi connectivity index (χ3n) is 2.71. The summed E-state index contributed by atoms with van der Waals surface area (Å²) in [4.78, 5) is 0. The average molecular weight is 183 g/mol. The van der Waals surface area contributed by atoms with E-state index in [-0.39, 0.29) is 11.1 Å². The lowest BCUT2D eigenvalue weighted by molar-refractivity contribution is -0.238.